The fourth-order valence-corrected chi connectivity index (χ4v) is 5.60. The van der Waals surface area contributed by atoms with Gasteiger partial charge in [-0.2, -0.15) is 0 Å². The summed E-state index contributed by atoms with van der Waals surface area (Å²) in [5.41, 5.74) is 5.79. The zero-order chi connectivity index (χ0) is 20.6. The van der Waals surface area contributed by atoms with E-state index in [1.54, 1.807) is 5.57 Å². The van der Waals surface area contributed by atoms with Crippen molar-refractivity contribution >= 4 is 5.71 Å². The van der Waals surface area contributed by atoms with Crippen LogP contribution in [0.15, 0.2) is 40.4 Å². The first kappa shape index (κ1) is 22.5. The molecule has 1 fully saturated rings. The normalized spacial score (nSPS) is 27.1. The van der Waals surface area contributed by atoms with Crippen molar-refractivity contribution in [2.24, 2.45) is 22.7 Å². The molecule has 2 aliphatic carbocycles. The van der Waals surface area contributed by atoms with E-state index in [0.717, 1.165) is 24.2 Å². The maximum Gasteiger partial charge on any atom is 0.0276 e. The third-order valence-electron chi connectivity index (χ3n) is 7.76. The van der Waals surface area contributed by atoms with Crippen LogP contribution in [0.4, 0.5) is 0 Å². The molecule has 2 nitrogen and oxygen atoms in total. The van der Waals surface area contributed by atoms with Gasteiger partial charge in [-0.3, -0.25) is 4.99 Å². The summed E-state index contributed by atoms with van der Waals surface area (Å²) in [6.07, 6.45) is 19.4. The Morgan fingerprint density at radius 1 is 1.14 bits per heavy atom. The second kappa shape index (κ2) is 11.3. The maximum absolute atomic E-state index is 4.39. The number of hydrogen-bond acceptors (Lipinski definition) is 2. The summed E-state index contributed by atoms with van der Waals surface area (Å²) in [6, 6.07) is 0. The van der Waals surface area contributed by atoms with Crippen LogP contribution in [-0.4, -0.2) is 37.3 Å². The van der Waals surface area contributed by atoms with E-state index in [2.05, 4.69) is 42.5 Å². The largest absolute Gasteiger partial charge is 0.303 e. The van der Waals surface area contributed by atoms with Gasteiger partial charge in [0.1, 0.15) is 0 Å². The molecule has 1 aliphatic heterocycles. The number of unbranched alkanes of at least 4 members (excludes halogenated alkanes) is 1. The van der Waals surface area contributed by atoms with E-state index in [9.17, 15) is 0 Å². The third kappa shape index (κ3) is 6.67. The first-order chi connectivity index (χ1) is 14.1. The van der Waals surface area contributed by atoms with E-state index in [1.165, 1.54) is 101 Å². The Labute approximate surface area is 180 Å². The van der Waals surface area contributed by atoms with Gasteiger partial charge >= 0.3 is 0 Å². The number of piperidine rings is 1. The summed E-state index contributed by atoms with van der Waals surface area (Å²) in [5, 5.41) is 0. The molecule has 2 heteroatoms. The number of aliphatic imine (C=N–C) groups is 1. The molecule has 0 saturated carbocycles. The van der Waals surface area contributed by atoms with Gasteiger partial charge in [-0.25, -0.2) is 0 Å². The van der Waals surface area contributed by atoms with Gasteiger partial charge in [0.2, 0.25) is 0 Å². The van der Waals surface area contributed by atoms with E-state index in [-0.39, 0.29) is 0 Å². The molecule has 0 spiro atoms. The van der Waals surface area contributed by atoms with E-state index in [4.69, 9.17) is 0 Å². The lowest BCUT2D eigenvalue weighted by atomic mass is 9.74. The predicted octanol–water partition coefficient (Wildman–Crippen LogP) is 6.99. The molecule has 0 aromatic rings. The summed E-state index contributed by atoms with van der Waals surface area (Å²) in [5.74, 6) is 2.63. The fraction of sp³-hybridized carbons (Fsp3) is 0.741. The van der Waals surface area contributed by atoms with Crippen molar-refractivity contribution < 1.29 is 0 Å². The summed E-state index contributed by atoms with van der Waals surface area (Å²) < 4.78 is 0. The van der Waals surface area contributed by atoms with Crippen LogP contribution in [0.2, 0.25) is 0 Å². The number of allylic oxidation sites excluding steroid dienone is 5. The Hall–Kier alpha value is -1.15. The Bertz CT molecular complexity index is 631. The molecular formula is C27H44N2. The number of rotatable bonds is 8. The molecule has 2 atom stereocenters. The van der Waals surface area contributed by atoms with Crippen molar-refractivity contribution in [1.29, 1.82) is 0 Å². The average Bonchev–Trinajstić information content (AvgIpc) is 2.95. The number of fused-ring (bicyclic) bond motifs is 1. The fourth-order valence-electron chi connectivity index (χ4n) is 5.60. The highest BCUT2D eigenvalue weighted by molar-refractivity contribution is 5.84. The number of hydrogen-bond donors (Lipinski definition) is 0. The van der Waals surface area contributed by atoms with Gasteiger partial charge in [-0.15, -0.1) is 0 Å². The number of likely N-dealkylation sites (tertiary alicyclic amines) is 1. The van der Waals surface area contributed by atoms with Crippen LogP contribution in [-0.2, 0) is 0 Å². The lowest BCUT2D eigenvalue weighted by molar-refractivity contribution is 0.189. The number of nitrogens with zero attached hydrogens (tertiary/aromatic N) is 2. The molecule has 1 heterocycles. The van der Waals surface area contributed by atoms with E-state index in [1.807, 2.05) is 7.05 Å². The first-order valence-electron chi connectivity index (χ1n) is 12.3. The second-order valence-electron chi connectivity index (χ2n) is 9.95. The van der Waals surface area contributed by atoms with E-state index >= 15 is 0 Å². The SMILES string of the molecule is C=C(CC(C)=NC)C1=CCC2C(CCCCN3CCC(C)CC3)=CCCC2CC1. The molecule has 0 aromatic heterocycles. The summed E-state index contributed by atoms with van der Waals surface area (Å²) in [4.78, 5) is 7.03. The monoisotopic (exact) mass is 396 g/mol. The van der Waals surface area contributed by atoms with Crippen LogP contribution in [0, 0.1) is 17.8 Å². The topological polar surface area (TPSA) is 15.6 Å². The van der Waals surface area contributed by atoms with Crippen LogP contribution in [0.25, 0.3) is 0 Å². The third-order valence-corrected chi connectivity index (χ3v) is 7.76. The molecule has 2 unspecified atom stereocenters. The molecule has 0 amide bonds. The summed E-state index contributed by atoms with van der Waals surface area (Å²) >= 11 is 0. The zero-order valence-corrected chi connectivity index (χ0v) is 19.4. The van der Waals surface area contributed by atoms with Crippen LogP contribution < -0.4 is 0 Å². The highest BCUT2D eigenvalue weighted by Gasteiger charge is 2.29. The van der Waals surface area contributed by atoms with Gasteiger partial charge < -0.3 is 4.90 Å². The molecule has 1 saturated heterocycles. The Morgan fingerprint density at radius 2 is 1.93 bits per heavy atom. The van der Waals surface area contributed by atoms with E-state index in [0.29, 0.717) is 0 Å². The summed E-state index contributed by atoms with van der Waals surface area (Å²) in [7, 11) is 1.89. The van der Waals surface area contributed by atoms with Crippen molar-refractivity contribution in [3.05, 3.63) is 35.5 Å². The molecule has 29 heavy (non-hydrogen) atoms. The molecule has 3 aliphatic rings. The van der Waals surface area contributed by atoms with Gasteiger partial charge in [0.05, 0.1) is 0 Å². The first-order valence-corrected chi connectivity index (χ1v) is 12.3. The lowest BCUT2D eigenvalue weighted by Gasteiger charge is -2.32. The minimum Gasteiger partial charge on any atom is -0.303 e. The molecule has 0 aromatic carbocycles. The lowest BCUT2D eigenvalue weighted by Crippen LogP contribution is -2.33. The Balaban J connectivity index is 1.48. The van der Waals surface area contributed by atoms with Crippen molar-refractivity contribution in [2.45, 2.75) is 84.5 Å². The second-order valence-corrected chi connectivity index (χ2v) is 9.95. The molecule has 0 N–H and O–H groups in total. The molecule has 0 bridgehead atoms. The average molecular weight is 397 g/mol. The molecule has 0 radical (unpaired) electrons. The van der Waals surface area contributed by atoms with E-state index < -0.39 is 0 Å². The van der Waals surface area contributed by atoms with Crippen molar-refractivity contribution in [1.82, 2.24) is 4.90 Å². The van der Waals surface area contributed by atoms with Crippen LogP contribution in [0.3, 0.4) is 0 Å². The highest BCUT2D eigenvalue weighted by Crippen LogP contribution is 2.42. The van der Waals surface area contributed by atoms with Crippen LogP contribution >= 0.6 is 0 Å². The van der Waals surface area contributed by atoms with Gasteiger partial charge in [0.15, 0.2) is 0 Å². The van der Waals surface area contributed by atoms with Crippen LogP contribution in [0.1, 0.15) is 84.5 Å². The molecule has 3 rings (SSSR count). The zero-order valence-electron chi connectivity index (χ0n) is 19.4. The predicted molar refractivity (Wildman–Crippen MR) is 128 cm³/mol. The minimum atomic E-state index is 0.797. The Morgan fingerprint density at radius 3 is 2.69 bits per heavy atom. The highest BCUT2D eigenvalue weighted by atomic mass is 15.1. The van der Waals surface area contributed by atoms with Gasteiger partial charge in [0, 0.05) is 19.2 Å². The van der Waals surface area contributed by atoms with Gasteiger partial charge in [0.25, 0.3) is 0 Å². The summed E-state index contributed by atoms with van der Waals surface area (Å²) in [6.45, 7) is 12.9. The Kier molecular flexibility index (Phi) is 8.78. The van der Waals surface area contributed by atoms with Gasteiger partial charge in [-0.1, -0.05) is 31.2 Å². The standard InChI is InChI=1S/C27H44N2/c1-21-15-18-29(19-16-21)17-6-5-8-25-9-7-10-26-12-11-24(13-14-27(25)26)22(2)20-23(3)28-4/h9,13,21,26-27H,2,5-8,10-12,14-20H2,1,3-4H3. The van der Waals surface area contributed by atoms with Crippen LogP contribution in [0.5, 0.6) is 0 Å². The van der Waals surface area contributed by atoms with Gasteiger partial charge in [-0.05, 0) is 120 Å². The smallest absolute Gasteiger partial charge is 0.0276 e. The molecule has 162 valence electrons. The molecular weight excluding hydrogens is 352 g/mol. The maximum atomic E-state index is 4.39. The van der Waals surface area contributed by atoms with Crippen molar-refractivity contribution in [2.75, 3.05) is 26.7 Å². The quantitative estimate of drug-likeness (QED) is 0.245. The van der Waals surface area contributed by atoms with Crippen molar-refractivity contribution in [3.8, 4) is 0 Å². The van der Waals surface area contributed by atoms with Crippen molar-refractivity contribution in [3.63, 3.8) is 0 Å². The minimum absolute atomic E-state index is 0.797.